The van der Waals surface area contributed by atoms with E-state index in [-0.39, 0.29) is 11.9 Å². The van der Waals surface area contributed by atoms with E-state index in [0.29, 0.717) is 11.8 Å². The number of ether oxygens (including phenoxy) is 2. The Morgan fingerprint density at radius 2 is 2.07 bits per heavy atom. The Morgan fingerprint density at radius 1 is 1.33 bits per heavy atom. The fourth-order valence-corrected chi connectivity index (χ4v) is 1.11. The summed E-state index contributed by atoms with van der Waals surface area (Å²) < 4.78 is 9.78. The highest BCUT2D eigenvalue weighted by Crippen LogP contribution is 2.25. The molecular formula is C11H10O4. The van der Waals surface area contributed by atoms with Crippen molar-refractivity contribution in [2.75, 3.05) is 0 Å². The van der Waals surface area contributed by atoms with Crippen LogP contribution in [0.5, 0.6) is 5.75 Å². The average molecular weight is 206 g/mol. The van der Waals surface area contributed by atoms with E-state index in [1.165, 1.54) is 0 Å². The van der Waals surface area contributed by atoms with Gasteiger partial charge >= 0.3 is 6.16 Å². The van der Waals surface area contributed by atoms with Gasteiger partial charge in [0.1, 0.15) is 11.9 Å². The van der Waals surface area contributed by atoms with Crippen molar-refractivity contribution < 1.29 is 19.1 Å². The molecule has 1 aromatic carbocycles. The van der Waals surface area contributed by atoms with E-state index >= 15 is 0 Å². The topological polar surface area (TPSA) is 52.6 Å². The predicted octanol–water partition coefficient (Wildman–Crippen LogP) is 2.18. The normalized spacial score (nSPS) is 14.4. The molecule has 78 valence electrons. The number of rotatable bonds is 3. The van der Waals surface area contributed by atoms with Crippen molar-refractivity contribution in [1.82, 2.24) is 0 Å². The van der Waals surface area contributed by atoms with Gasteiger partial charge in [-0.1, -0.05) is 12.1 Å². The number of hydrogen-bond acceptors (Lipinski definition) is 4. The van der Waals surface area contributed by atoms with Gasteiger partial charge in [0.25, 0.3) is 0 Å². The number of benzene rings is 1. The Balaban J connectivity index is 2.01. The summed E-state index contributed by atoms with van der Waals surface area (Å²) >= 11 is 0. The first-order valence-electron chi connectivity index (χ1n) is 4.72. The summed E-state index contributed by atoms with van der Waals surface area (Å²) in [6, 6.07) is 6.51. The Hall–Kier alpha value is -1.84. The van der Waals surface area contributed by atoms with Crippen molar-refractivity contribution >= 4 is 12.4 Å². The van der Waals surface area contributed by atoms with Crippen molar-refractivity contribution in [1.29, 1.82) is 0 Å². The fraction of sp³-hybridized carbons (Fsp3) is 0.273. The average Bonchev–Trinajstić information content (AvgIpc) is 3.02. The maximum absolute atomic E-state index is 11.2. The lowest BCUT2D eigenvalue weighted by Crippen LogP contribution is -2.12. The maximum atomic E-state index is 11.2. The van der Waals surface area contributed by atoms with Crippen LogP contribution < -0.4 is 4.74 Å². The van der Waals surface area contributed by atoms with Gasteiger partial charge in [-0.25, -0.2) is 4.79 Å². The third-order valence-corrected chi connectivity index (χ3v) is 2.03. The molecule has 4 nitrogen and oxygen atoms in total. The second kappa shape index (κ2) is 4.13. The number of carbonyl (C=O) groups is 2. The van der Waals surface area contributed by atoms with Crippen LogP contribution in [0.3, 0.4) is 0 Å². The first-order valence-corrected chi connectivity index (χ1v) is 4.72. The highest BCUT2D eigenvalue weighted by Gasteiger charge is 2.27. The van der Waals surface area contributed by atoms with Crippen LogP contribution in [0.25, 0.3) is 0 Å². The fourth-order valence-electron chi connectivity index (χ4n) is 1.11. The van der Waals surface area contributed by atoms with Gasteiger partial charge in [-0.3, -0.25) is 4.79 Å². The van der Waals surface area contributed by atoms with Crippen molar-refractivity contribution in [3.8, 4) is 5.75 Å². The first kappa shape index (κ1) is 9.71. The second-order valence-corrected chi connectivity index (χ2v) is 3.32. The minimum atomic E-state index is -0.744. The number of hydrogen-bond donors (Lipinski definition) is 0. The first-order chi connectivity index (χ1) is 7.29. The third-order valence-electron chi connectivity index (χ3n) is 2.03. The highest BCUT2D eigenvalue weighted by molar-refractivity contribution is 5.81. The zero-order valence-corrected chi connectivity index (χ0v) is 8.01. The molecule has 15 heavy (non-hydrogen) atoms. The monoisotopic (exact) mass is 206 g/mol. The molecule has 0 amide bonds. The van der Waals surface area contributed by atoms with Gasteiger partial charge < -0.3 is 9.47 Å². The van der Waals surface area contributed by atoms with Gasteiger partial charge in [0, 0.05) is 0 Å². The molecule has 1 aliphatic rings. The molecule has 0 bridgehead atoms. The van der Waals surface area contributed by atoms with Gasteiger partial charge in [0.15, 0.2) is 6.29 Å². The smallest absolute Gasteiger partial charge is 0.431 e. The quantitative estimate of drug-likeness (QED) is 0.432. The van der Waals surface area contributed by atoms with E-state index in [4.69, 9.17) is 9.47 Å². The molecule has 1 aliphatic carbocycles. The Bertz CT molecular complexity index is 382. The van der Waals surface area contributed by atoms with Gasteiger partial charge in [0.05, 0.1) is 5.56 Å². The Morgan fingerprint density at radius 3 is 2.73 bits per heavy atom. The largest absolute Gasteiger partial charge is 0.514 e. The lowest BCUT2D eigenvalue weighted by molar-refractivity contribution is 0.0919. The zero-order valence-electron chi connectivity index (χ0n) is 8.01. The molecule has 0 aliphatic heterocycles. The van der Waals surface area contributed by atoms with E-state index in [1.807, 2.05) is 0 Å². The van der Waals surface area contributed by atoms with Crippen LogP contribution in [0, 0.1) is 0 Å². The Kier molecular flexibility index (Phi) is 2.67. The summed E-state index contributed by atoms with van der Waals surface area (Å²) in [5.74, 6) is 0.234. The lowest BCUT2D eigenvalue weighted by Gasteiger charge is -2.05. The van der Waals surface area contributed by atoms with E-state index in [2.05, 4.69) is 0 Å². The van der Waals surface area contributed by atoms with Crippen molar-refractivity contribution in [3.05, 3.63) is 29.8 Å². The minimum absolute atomic E-state index is 0.000827. The molecule has 1 fully saturated rings. The summed E-state index contributed by atoms with van der Waals surface area (Å²) in [4.78, 5) is 21.8. The molecule has 0 radical (unpaired) electrons. The van der Waals surface area contributed by atoms with Crippen molar-refractivity contribution in [2.24, 2.45) is 0 Å². The molecule has 1 saturated carbocycles. The van der Waals surface area contributed by atoms with Gasteiger partial charge in [-0.05, 0) is 25.0 Å². The molecule has 0 spiro atoms. The summed E-state index contributed by atoms with van der Waals surface area (Å²) in [6.07, 6.45) is 1.68. The van der Waals surface area contributed by atoms with E-state index in [9.17, 15) is 9.59 Å². The van der Waals surface area contributed by atoms with Crippen LogP contribution in [-0.2, 0) is 4.74 Å². The third kappa shape index (κ3) is 2.56. The second-order valence-electron chi connectivity index (χ2n) is 3.32. The van der Waals surface area contributed by atoms with E-state index < -0.39 is 6.16 Å². The lowest BCUT2D eigenvalue weighted by atomic mass is 10.2. The van der Waals surface area contributed by atoms with Crippen LogP contribution in [0.2, 0.25) is 0 Å². The van der Waals surface area contributed by atoms with Crippen molar-refractivity contribution in [2.45, 2.75) is 18.9 Å². The van der Waals surface area contributed by atoms with Crippen LogP contribution in [-0.4, -0.2) is 18.5 Å². The van der Waals surface area contributed by atoms with Gasteiger partial charge in [-0.15, -0.1) is 0 Å². The minimum Gasteiger partial charge on any atom is -0.431 e. The maximum Gasteiger partial charge on any atom is 0.514 e. The summed E-state index contributed by atoms with van der Waals surface area (Å²) in [7, 11) is 0. The molecule has 0 unspecified atom stereocenters. The van der Waals surface area contributed by atoms with Crippen LogP contribution in [0.4, 0.5) is 4.79 Å². The standard InChI is InChI=1S/C11H10O4/c12-7-8-3-1-2-4-10(8)15-11(13)14-9-5-6-9/h1-4,7,9H,5-6H2. The molecule has 0 atom stereocenters. The molecule has 1 aromatic rings. The molecule has 4 heteroatoms. The van der Waals surface area contributed by atoms with Crippen LogP contribution in [0.15, 0.2) is 24.3 Å². The number of aldehydes is 1. The molecule has 2 rings (SSSR count). The zero-order chi connectivity index (χ0) is 10.7. The number of para-hydroxylation sites is 1. The van der Waals surface area contributed by atoms with E-state index in [0.717, 1.165) is 12.8 Å². The molecule has 0 N–H and O–H groups in total. The highest BCUT2D eigenvalue weighted by atomic mass is 16.7. The number of carbonyl (C=O) groups excluding carboxylic acids is 2. The summed E-state index contributed by atoms with van der Waals surface area (Å²) in [5, 5.41) is 0. The molecule has 0 heterocycles. The molecular weight excluding hydrogens is 196 g/mol. The van der Waals surface area contributed by atoms with Crippen LogP contribution in [0.1, 0.15) is 23.2 Å². The molecule has 0 aromatic heterocycles. The molecule has 0 saturated heterocycles. The predicted molar refractivity (Wildman–Crippen MR) is 52.0 cm³/mol. The van der Waals surface area contributed by atoms with E-state index in [1.54, 1.807) is 24.3 Å². The SMILES string of the molecule is O=Cc1ccccc1OC(=O)OC1CC1. The van der Waals surface area contributed by atoms with Gasteiger partial charge in [-0.2, -0.15) is 0 Å². The summed E-state index contributed by atoms with van der Waals surface area (Å²) in [6.45, 7) is 0. The van der Waals surface area contributed by atoms with Crippen molar-refractivity contribution in [3.63, 3.8) is 0 Å². The Labute approximate surface area is 86.8 Å². The van der Waals surface area contributed by atoms with Gasteiger partial charge in [0.2, 0.25) is 0 Å². The summed E-state index contributed by atoms with van der Waals surface area (Å²) in [5.41, 5.74) is 0.338. The van der Waals surface area contributed by atoms with Crippen LogP contribution >= 0.6 is 0 Å².